The number of hydrogen-bond acceptors (Lipinski definition) is 10. The van der Waals surface area contributed by atoms with Crippen molar-refractivity contribution in [1.82, 2.24) is 5.32 Å². The molecule has 1 aliphatic rings. The van der Waals surface area contributed by atoms with Gasteiger partial charge in [-0.3, -0.25) is 13.9 Å². The second-order valence-corrected chi connectivity index (χ2v) is 14.0. The number of hydrogen-bond donors (Lipinski definition) is 1. The summed E-state index contributed by atoms with van der Waals surface area (Å²) in [6, 6.07) is 7.36. The minimum Gasteiger partial charge on any atom is -0.378 e. The molecule has 0 aliphatic carbocycles. The van der Waals surface area contributed by atoms with Crippen LogP contribution in [-0.2, 0) is 32.0 Å². The topological polar surface area (TPSA) is 103 Å². The van der Waals surface area contributed by atoms with Crippen molar-refractivity contribution in [3.05, 3.63) is 29.8 Å². The number of amides is 1. The predicted molar refractivity (Wildman–Crippen MR) is 141 cm³/mol. The summed E-state index contributed by atoms with van der Waals surface area (Å²) in [6.45, 7) is 6.84. The molecule has 2 atom stereocenters. The molecule has 2 rings (SSSR count). The summed E-state index contributed by atoms with van der Waals surface area (Å²) >= 11 is 6.35. The van der Waals surface area contributed by atoms with Crippen molar-refractivity contribution >= 4 is 55.1 Å². The van der Waals surface area contributed by atoms with Crippen LogP contribution in [0, 0.1) is 0 Å². The monoisotopic (exact) mass is 552 g/mol. The Balaban J connectivity index is 2.83. The van der Waals surface area contributed by atoms with Gasteiger partial charge in [0.25, 0.3) is 0 Å². The van der Waals surface area contributed by atoms with Gasteiger partial charge >= 0.3 is 15.2 Å². The molecular formula is C21H34N2O7P2S2. The number of nitrogens with zero attached hydrogens (tertiary/aromatic N) is 1. The Morgan fingerprint density at radius 1 is 0.941 bits per heavy atom. The van der Waals surface area contributed by atoms with Crippen molar-refractivity contribution in [3.63, 3.8) is 0 Å². The Labute approximate surface area is 211 Å². The largest absolute Gasteiger partial charge is 0.378 e. The summed E-state index contributed by atoms with van der Waals surface area (Å²) < 4.78 is 51.6. The predicted octanol–water partition coefficient (Wildman–Crippen LogP) is 5.21. The van der Waals surface area contributed by atoms with Crippen LogP contribution in [0.3, 0.4) is 0 Å². The lowest BCUT2D eigenvalue weighted by molar-refractivity contribution is -0.119. The van der Waals surface area contributed by atoms with Crippen molar-refractivity contribution in [2.24, 2.45) is 0 Å². The average molecular weight is 553 g/mol. The highest BCUT2D eigenvalue weighted by Gasteiger charge is 2.59. The first-order chi connectivity index (χ1) is 16.1. The maximum atomic E-state index is 14.3. The molecule has 0 saturated carbocycles. The van der Waals surface area contributed by atoms with Gasteiger partial charge in [0, 0.05) is 25.7 Å². The van der Waals surface area contributed by atoms with Crippen LogP contribution < -0.4 is 10.2 Å². The lowest BCUT2D eigenvalue weighted by Crippen LogP contribution is -2.36. The molecule has 1 heterocycles. The zero-order valence-electron chi connectivity index (χ0n) is 20.4. The van der Waals surface area contributed by atoms with Crippen molar-refractivity contribution in [2.45, 2.75) is 44.3 Å². The zero-order valence-corrected chi connectivity index (χ0v) is 23.8. The summed E-state index contributed by atoms with van der Waals surface area (Å²) in [7, 11) is -4.43. The van der Waals surface area contributed by atoms with E-state index >= 15 is 0 Å². The van der Waals surface area contributed by atoms with Crippen molar-refractivity contribution in [1.29, 1.82) is 0 Å². The molecule has 1 amide bonds. The van der Waals surface area contributed by atoms with E-state index in [1.807, 2.05) is 43.3 Å². The zero-order chi connectivity index (χ0) is 25.5. The lowest BCUT2D eigenvalue weighted by Gasteiger charge is -2.37. The molecule has 1 N–H and O–H groups in total. The number of nitrogens with one attached hydrogen (secondary N) is 1. The molecule has 0 spiro atoms. The van der Waals surface area contributed by atoms with Crippen LogP contribution >= 0.6 is 39.2 Å². The molecule has 0 radical (unpaired) electrons. The van der Waals surface area contributed by atoms with Crippen LogP contribution in [0.5, 0.6) is 0 Å². The Hall–Kier alpha value is -0.770. The summed E-state index contributed by atoms with van der Waals surface area (Å²) in [5, 5.41) is 0.401. The summed E-state index contributed by atoms with van der Waals surface area (Å²) in [5.41, 5.74) is 1.54. The van der Waals surface area contributed by atoms with Gasteiger partial charge in [0.2, 0.25) is 5.91 Å². The van der Waals surface area contributed by atoms with E-state index in [4.69, 9.17) is 30.3 Å². The van der Waals surface area contributed by atoms with Crippen LogP contribution in [0.1, 0.15) is 39.2 Å². The molecule has 34 heavy (non-hydrogen) atoms. The molecule has 0 bridgehead atoms. The van der Waals surface area contributed by atoms with Gasteiger partial charge in [-0.05, 0) is 45.4 Å². The number of carbonyl (C=O) groups excluding carboxylic acids is 1. The normalized spacial score (nSPS) is 17.8. The van der Waals surface area contributed by atoms with E-state index < -0.39 is 31.8 Å². The van der Waals surface area contributed by atoms with Crippen molar-refractivity contribution < 1.29 is 32.0 Å². The first kappa shape index (κ1) is 29.5. The quantitative estimate of drug-likeness (QED) is 0.244. The van der Waals surface area contributed by atoms with E-state index in [-0.39, 0.29) is 36.7 Å². The summed E-state index contributed by atoms with van der Waals surface area (Å²) in [4.78, 5) is 14.9. The standard InChI is InChI=1S/C21H34N2O7P2S2/c1-7-27-31(25,28-8-2)20(32(26,29-9-3)30-10-4)17(18-19(24)22-21(33)34-18)15-11-13-16(14-12-15)23(5)6/h11-14,17-18,20H,7-10H2,1-6H3,(H,22,24,33). The third-order valence-corrected chi connectivity index (χ3v) is 12.6. The van der Waals surface area contributed by atoms with Gasteiger partial charge in [0.05, 0.1) is 31.7 Å². The molecule has 1 fully saturated rings. The van der Waals surface area contributed by atoms with E-state index in [1.54, 1.807) is 27.7 Å². The van der Waals surface area contributed by atoms with E-state index in [9.17, 15) is 13.9 Å². The number of rotatable bonds is 14. The molecule has 2 unspecified atom stereocenters. The minimum absolute atomic E-state index is 0.0424. The van der Waals surface area contributed by atoms with E-state index in [1.165, 1.54) is 0 Å². The second-order valence-electron chi connectivity index (χ2n) is 7.49. The van der Waals surface area contributed by atoms with Gasteiger partial charge in [-0.25, -0.2) is 0 Å². The number of anilines is 1. The van der Waals surface area contributed by atoms with E-state index in [0.29, 0.717) is 5.56 Å². The lowest BCUT2D eigenvalue weighted by atomic mass is 9.96. The Kier molecular flexibility index (Phi) is 11.2. The van der Waals surface area contributed by atoms with E-state index in [2.05, 4.69) is 5.32 Å². The van der Waals surface area contributed by atoms with Crippen LogP contribution in [0.15, 0.2) is 24.3 Å². The van der Waals surface area contributed by atoms with Gasteiger partial charge in [-0.1, -0.05) is 36.1 Å². The van der Waals surface area contributed by atoms with Gasteiger partial charge in [0.1, 0.15) is 4.32 Å². The third-order valence-electron chi connectivity index (χ3n) is 5.04. The van der Waals surface area contributed by atoms with Crippen LogP contribution in [0.4, 0.5) is 5.69 Å². The number of thiocarbonyl (C=S) groups is 1. The molecule has 9 nitrogen and oxygen atoms in total. The smallest absolute Gasteiger partial charge is 0.346 e. The van der Waals surface area contributed by atoms with Gasteiger partial charge in [-0.2, -0.15) is 0 Å². The maximum absolute atomic E-state index is 14.3. The van der Waals surface area contributed by atoms with Gasteiger partial charge < -0.3 is 28.3 Å². The van der Waals surface area contributed by atoms with Crippen molar-refractivity contribution in [2.75, 3.05) is 45.4 Å². The van der Waals surface area contributed by atoms with Crippen LogP contribution in [0.2, 0.25) is 0 Å². The summed E-state index contributed by atoms with van der Waals surface area (Å²) in [6.07, 6.45) is 0. The van der Waals surface area contributed by atoms with Gasteiger partial charge in [-0.15, -0.1) is 0 Å². The van der Waals surface area contributed by atoms with Crippen LogP contribution in [0.25, 0.3) is 0 Å². The molecule has 13 heteroatoms. The number of carbonyl (C=O) groups is 1. The fourth-order valence-electron chi connectivity index (χ4n) is 3.77. The SMILES string of the molecule is CCOP(=O)(OCC)C(C(c1ccc(N(C)C)cc1)C1SC(=S)NC1=O)P(=O)(OCC)OCC. The highest BCUT2D eigenvalue weighted by Crippen LogP contribution is 2.75. The highest BCUT2D eigenvalue weighted by atomic mass is 32.2. The van der Waals surface area contributed by atoms with E-state index in [0.717, 1.165) is 17.4 Å². The number of thioether (sulfide) groups is 1. The first-order valence-corrected chi connectivity index (χ1v) is 15.6. The molecule has 1 saturated heterocycles. The van der Waals surface area contributed by atoms with Crippen molar-refractivity contribution in [3.8, 4) is 0 Å². The second kappa shape index (κ2) is 13.0. The fourth-order valence-corrected chi connectivity index (χ4v) is 11.3. The maximum Gasteiger partial charge on any atom is 0.346 e. The molecular weight excluding hydrogens is 518 g/mol. The average Bonchev–Trinajstić information content (AvgIpc) is 3.10. The highest BCUT2D eigenvalue weighted by molar-refractivity contribution is 8.24. The van der Waals surface area contributed by atoms with Crippen LogP contribution in [-0.4, -0.2) is 61.4 Å². The molecule has 1 aliphatic heterocycles. The minimum atomic E-state index is -4.12. The Morgan fingerprint density at radius 3 is 1.71 bits per heavy atom. The Bertz CT molecular complexity index is 896. The number of benzene rings is 1. The first-order valence-electron chi connectivity index (χ1n) is 11.1. The van der Waals surface area contributed by atoms with Gasteiger partial charge in [0.15, 0.2) is 5.40 Å². The fraction of sp³-hybridized carbons (Fsp3) is 0.619. The third kappa shape index (κ3) is 6.71. The molecule has 1 aromatic carbocycles. The molecule has 192 valence electrons. The molecule has 0 aromatic heterocycles. The molecule has 1 aromatic rings. The summed E-state index contributed by atoms with van der Waals surface area (Å²) in [5.74, 6) is -1.28. The Morgan fingerprint density at radius 2 is 1.38 bits per heavy atom.